The summed E-state index contributed by atoms with van der Waals surface area (Å²) in [5, 5.41) is 2.96. The lowest BCUT2D eigenvalue weighted by Crippen LogP contribution is -2.38. The van der Waals surface area contributed by atoms with E-state index in [0.29, 0.717) is 36.9 Å². The number of aromatic nitrogens is 2. The number of thioether (sulfide) groups is 1. The van der Waals surface area contributed by atoms with Crippen LogP contribution in [0.2, 0.25) is 0 Å². The Kier molecular flexibility index (Phi) is 7.82. The molecule has 4 aromatic rings. The van der Waals surface area contributed by atoms with Gasteiger partial charge in [0.1, 0.15) is 4.83 Å². The predicted molar refractivity (Wildman–Crippen MR) is 145 cm³/mol. The third-order valence-corrected chi connectivity index (χ3v) is 8.55. The van der Waals surface area contributed by atoms with Crippen molar-refractivity contribution in [3.8, 4) is 0 Å². The van der Waals surface area contributed by atoms with Gasteiger partial charge in [0.05, 0.1) is 12.5 Å². The summed E-state index contributed by atoms with van der Waals surface area (Å²) in [7, 11) is 2.94. The summed E-state index contributed by atoms with van der Waals surface area (Å²) in [5.41, 5.74) is 0.637. The van der Waals surface area contributed by atoms with Gasteiger partial charge >= 0.3 is 11.7 Å². The van der Waals surface area contributed by atoms with Crippen molar-refractivity contribution in [2.24, 2.45) is 13.0 Å². The highest BCUT2D eigenvalue weighted by Gasteiger charge is 2.22. The molecule has 2 heterocycles. The molecule has 0 unspecified atom stereocenters. The molecule has 0 fully saturated rings. The molecule has 0 aliphatic carbocycles. The second-order valence-electron chi connectivity index (χ2n) is 9.03. The van der Waals surface area contributed by atoms with Crippen LogP contribution in [0.3, 0.4) is 0 Å². The zero-order valence-corrected chi connectivity index (χ0v) is 22.1. The second kappa shape index (κ2) is 10.8. The average Bonchev–Trinajstić information content (AvgIpc) is 3.20. The van der Waals surface area contributed by atoms with Gasteiger partial charge in [-0.15, -0.1) is 23.1 Å². The van der Waals surface area contributed by atoms with Crippen molar-refractivity contribution >= 4 is 50.1 Å². The van der Waals surface area contributed by atoms with Gasteiger partial charge in [0.15, 0.2) is 0 Å². The van der Waals surface area contributed by atoms with Crippen LogP contribution in [0.25, 0.3) is 21.0 Å². The maximum atomic E-state index is 13.3. The van der Waals surface area contributed by atoms with Crippen LogP contribution in [0.15, 0.2) is 56.9 Å². The number of hydrogen-bond donors (Lipinski definition) is 0. The summed E-state index contributed by atoms with van der Waals surface area (Å²) in [6.07, 6.45) is 1.65. The van der Waals surface area contributed by atoms with Crippen molar-refractivity contribution in [3.05, 3.63) is 73.7 Å². The molecule has 0 saturated carbocycles. The topological polar surface area (TPSA) is 70.3 Å². The zero-order chi connectivity index (χ0) is 25.1. The standard InChI is InChI=1S/C27H30N2O4S2/c1-17(2)16-29-26-23(25(31)28(3)27(29)32)24(34-14-8-13-22(30)33-4)21(35-26)15-19-11-7-10-18-9-5-6-12-20(18)19/h5-7,9-12,17H,8,13-16H2,1-4H3. The molecule has 0 aliphatic rings. The molecule has 0 aliphatic heterocycles. The average molecular weight is 511 g/mol. The number of hydrogen-bond acceptors (Lipinski definition) is 6. The van der Waals surface area contributed by atoms with Gasteiger partial charge in [-0.2, -0.15) is 0 Å². The van der Waals surface area contributed by atoms with E-state index in [2.05, 4.69) is 44.2 Å². The third-order valence-electron chi connectivity index (χ3n) is 5.97. The number of esters is 1. The lowest BCUT2D eigenvalue weighted by molar-refractivity contribution is -0.140. The van der Waals surface area contributed by atoms with E-state index in [1.54, 1.807) is 23.4 Å². The minimum absolute atomic E-state index is 0.238. The van der Waals surface area contributed by atoms with Gasteiger partial charge in [0, 0.05) is 36.2 Å². The number of thiophene rings is 1. The number of ether oxygens (including phenoxy) is 1. The minimum Gasteiger partial charge on any atom is -0.469 e. The SMILES string of the molecule is COC(=O)CCCSc1c(Cc2cccc3ccccc23)sc2c1c(=O)n(C)c(=O)n2CC(C)C. The molecule has 0 saturated heterocycles. The molecule has 8 heteroatoms. The molecule has 2 aromatic heterocycles. The summed E-state index contributed by atoms with van der Waals surface area (Å²) < 4.78 is 7.73. The van der Waals surface area contributed by atoms with Crippen molar-refractivity contribution in [1.82, 2.24) is 9.13 Å². The van der Waals surface area contributed by atoms with E-state index in [-0.39, 0.29) is 23.1 Å². The number of benzene rings is 2. The van der Waals surface area contributed by atoms with Gasteiger partial charge in [0.2, 0.25) is 0 Å². The first-order valence-corrected chi connectivity index (χ1v) is 13.5. The summed E-state index contributed by atoms with van der Waals surface area (Å²) in [6.45, 7) is 4.68. The Hall–Kier alpha value is -2.84. The first-order valence-electron chi connectivity index (χ1n) is 11.7. The van der Waals surface area contributed by atoms with Crippen LogP contribution < -0.4 is 11.2 Å². The van der Waals surface area contributed by atoms with Crippen LogP contribution in [0.1, 0.15) is 37.1 Å². The van der Waals surface area contributed by atoms with Crippen LogP contribution in [0.4, 0.5) is 0 Å². The molecule has 0 radical (unpaired) electrons. The zero-order valence-electron chi connectivity index (χ0n) is 20.5. The highest BCUT2D eigenvalue weighted by molar-refractivity contribution is 7.99. The molecule has 6 nitrogen and oxygen atoms in total. The first-order chi connectivity index (χ1) is 16.8. The summed E-state index contributed by atoms with van der Waals surface area (Å²) in [6, 6.07) is 14.6. The normalized spacial score (nSPS) is 11.6. The Balaban J connectivity index is 1.85. The van der Waals surface area contributed by atoms with Gasteiger partial charge in [0.25, 0.3) is 5.56 Å². The molecule has 2 aromatic carbocycles. The fourth-order valence-electron chi connectivity index (χ4n) is 4.26. The van der Waals surface area contributed by atoms with Crippen molar-refractivity contribution in [2.45, 2.75) is 44.6 Å². The van der Waals surface area contributed by atoms with Crippen molar-refractivity contribution in [3.63, 3.8) is 0 Å². The molecule has 0 N–H and O–H groups in total. The Morgan fingerprint density at radius 1 is 1.11 bits per heavy atom. The maximum Gasteiger partial charge on any atom is 0.331 e. The van der Waals surface area contributed by atoms with Gasteiger partial charge in [-0.05, 0) is 34.4 Å². The minimum atomic E-state index is -0.281. The molecule has 0 atom stereocenters. The van der Waals surface area contributed by atoms with E-state index >= 15 is 0 Å². The lowest BCUT2D eigenvalue weighted by atomic mass is 10.0. The van der Waals surface area contributed by atoms with Gasteiger partial charge in [-0.3, -0.25) is 18.7 Å². The van der Waals surface area contributed by atoms with Crippen LogP contribution >= 0.6 is 23.1 Å². The van der Waals surface area contributed by atoms with Crippen LogP contribution in [0, 0.1) is 5.92 Å². The quantitative estimate of drug-likeness (QED) is 0.176. The highest BCUT2D eigenvalue weighted by atomic mass is 32.2. The molecule has 35 heavy (non-hydrogen) atoms. The molecular formula is C27H30N2O4S2. The Labute approximate surface area is 212 Å². The molecule has 4 rings (SSSR count). The molecule has 0 bridgehead atoms. The van der Waals surface area contributed by atoms with E-state index in [0.717, 1.165) is 14.6 Å². The van der Waals surface area contributed by atoms with E-state index < -0.39 is 0 Å². The number of fused-ring (bicyclic) bond motifs is 2. The fraction of sp³-hybridized carbons (Fsp3) is 0.370. The molecular weight excluding hydrogens is 480 g/mol. The molecule has 0 spiro atoms. The summed E-state index contributed by atoms with van der Waals surface area (Å²) in [4.78, 5) is 40.7. The van der Waals surface area contributed by atoms with Gasteiger partial charge < -0.3 is 4.74 Å². The smallest absolute Gasteiger partial charge is 0.331 e. The lowest BCUT2D eigenvalue weighted by Gasteiger charge is -2.12. The van der Waals surface area contributed by atoms with Crippen LogP contribution in [-0.4, -0.2) is 28.0 Å². The fourth-order valence-corrected chi connectivity index (χ4v) is 6.89. The number of carbonyl (C=O) groups is 1. The Morgan fingerprint density at radius 3 is 2.60 bits per heavy atom. The van der Waals surface area contributed by atoms with Crippen LogP contribution in [-0.2, 0) is 29.5 Å². The van der Waals surface area contributed by atoms with E-state index in [1.807, 2.05) is 12.1 Å². The first kappa shape index (κ1) is 25.3. The van der Waals surface area contributed by atoms with Crippen molar-refractivity contribution in [1.29, 1.82) is 0 Å². The highest BCUT2D eigenvalue weighted by Crippen LogP contribution is 2.39. The van der Waals surface area contributed by atoms with Crippen molar-refractivity contribution < 1.29 is 9.53 Å². The maximum absolute atomic E-state index is 13.3. The monoisotopic (exact) mass is 510 g/mol. The summed E-state index contributed by atoms with van der Waals surface area (Å²) >= 11 is 3.13. The largest absolute Gasteiger partial charge is 0.469 e. The van der Waals surface area contributed by atoms with E-state index in [4.69, 9.17) is 4.74 Å². The number of nitrogens with zero attached hydrogens (tertiary/aromatic N) is 2. The number of rotatable bonds is 9. The number of carbonyl (C=O) groups excluding carboxylic acids is 1. The van der Waals surface area contributed by atoms with Crippen molar-refractivity contribution in [2.75, 3.05) is 12.9 Å². The van der Waals surface area contributed by atoms with Gasteiger partial charge in [-0.1, -0.05) is 56.3 Å². The Bertz CT molecular complexity index is 1490. The molecule has 184 valence electrons. The van der Waals surface area contributed by atoms with E-state index in [1.165, 1.54) is 39.3 Å². The van der Waals surface area contributed by atoms with Gasteiger partial charge in [-0.25, -0.2) is 4.79 Å². The number of methoxy groups -OCH3 is 1. The Morgan fingerprint density at radius 2 is 1.86 bits per heavy atom. The predicted octanol–water partition coefficient (Wildman–Crippen LogP) is 5.21. The molecule has 0 amide bonds. The van der Waals surface area contributed by atoms with Crippen LogP contribution in [0.5, 0.6) is 0 Å². The van der Waals surface area contributed by atoms with E-state index in [9.17, 15) is 14.4 Å². The third kappa shape index (κ3) is 5.23. The summed E-state index contributed by atoms with van der Waals surface area (Å²) in [5.74, 6) is 0.697. The second-order valence-corrected chi connectivity index (χ2v) is 11.2.